The minimum absolute atomic E-state index is 0.0461. The molecule has 29 heavy (non-hydrogen) atoms. The lowest BCUT2D eigenvalue weighted by Gasteiger charge is -2.17. The Kier molecular flexibility index (Phi) is 4.64. The molecule has 2 amide bonds. The molecule has 0 atom stereocenters. The van der Waals surface area contributed by atoms with Crippen molar-refractivity contribution in [2.24, 2.45) is 0 Å². The molecule has 7 nitrogen and oxygen atoms in total. The van der Waals surface area contributed by atoms with Gasteiger partial charge >= 0.3 is 0 Å². The van der Waals surface area contributed by atoms with Crippen molar-refractivity contribution in [1.29, 1.82) is 0 Å². The van der Waals surface area contributed by atoms with Crippen molar-refractivity contribution in [3.63, 3.8) is 0 Å². The van der Waals surface area contributed by atoms with Gasteiger partial charge in [0, 0.05) is 23.4 Å². The van der Waals surface area contributed by atoms with Gasteiger partial charge in [-0.2, -0.15) is 5.10 Å². The normalized spacial score (nSPS) is 12.8. The number of anilines is 2. The standard InChI is InChI=1S/C22H21N5O2/c1-3-20(28)26-19-11-16(6-4-13(19)2)27-21(23)18(12-25-27)14-5-7-17-15(10-14)8-9-24-22(17)29/h3-7,10-12H,1,8-9,23H2,2H3,(H,24,29)(H,26,28). The molecule has 2 aromatic carbocycles. The molecule has 1 aliphatic rings. The molecule has 0 bridgehead atoms. The van der Waals surface area contributed by atoms with Crippen LogP contribution in [-0.4, -0.2) is 28.1 Å². The van der Waals surface area contributed by atoms with Crippen molar-refractivity contribution in [3.05, 3.63) is 71.9 Å². The summed E-state index contributed by atoms with van der Waals surface area (Å²) in [7, 11) is 0. The molecule has 0 radical (unpaired) electrons. The summed E-state index contributed by atoms with van der Waals surface area (Å²) < 4.78 is 1.63. The van der Waals surface area contributed by atoms with Crippen LogP contribution in [0.2, 0.25) is 0 Å². The highest BCUT2D eigenvalue weighted by Crippen LogP contribution is 2.31. The van der Waals surface area contributed by atoms with E-state index in [1.165, 1.54) is 6.08 Å². The number of nitrogens with one attached hydrogen (secondary N) is 2. The van der Waals surface area contributed by atoms with Crippen LogP contribution in [0.25, 0.3) is 16.8 Å². The summed E-state index contributed by atoms with van der Waals surface area (Å²) in [6.45, 7) is 6.02. The van der Waals surface area contributed by atoms with Gasteiger partial charge in [-0.3, -0.25) is 9.59 Å². The minimum atomic E-state index is -0.280. The highest BCUT2D eigenvalue weighted by atomic mass is 16.2. The molecule has 0 unspecified atom stereocenters. The number of aryl methyl sites for hydroxylation is 1. The van der Waals surface area contributed by atoms with Gasteiger partial charge in [0.25, 0.3) is 5.91 Å². The smallest absolute Gasteiger partial charge is 0.251 e. The summed E-state index contributed by atoms with van der Waals surface area (Å²) in [5.74, 6) is 0.155. The third-order valence-corrected chi connectivity index (χ3v) is 5.06. The SMILES string of the molecule is C=CC(=O)Nc1cc(-n2ncc(-c3ccc4c(c3)CCNC4=O)c2N)ccc1C. The van der Waals surface area contributed by atoms with Gasteiger partial charge in [-0.25, -0.2) is 4.68 Å². The zero-order chi connectivity index (χ0) is 20.5. The zero-order valence-electron chi connectivity index (χ0n) is 16.0. The van der Waals surface area contributed by atoms with E-state index in [-0.39, 0.29) is 11.8 Å². The molecule has 0 saturated heterocycles. The first-order valence-corrected chi connectivity index (χ1v) is 9.27. The lowest BCUT2D eigenvalue weighted by molar-refractivity contribution is -0.111. The predicted octanol–water partition coefficient (Wildman–Crippen LogP) is 2.84. The number of nitrogens with zero attached hydrogens (tertiary/aromatic N) is 2. The van der Waals surface area contributed by atoms with Gasteiger partial charge in [0.1, 0.15) is 5.82 Å². The van der Waals surface area contributed by atoms with E-state index in [0.29, 0.717) is 23.6 Å². The maximum atomic E-state index is 12.0. The number of nitrogens with two attached hydrogens (primary N) is 1. The molecule has 1 aliphatic heterocycles. The van der Waals surface area contributed by atoms with Crippen molar-refractivity contribution >= 4 is 23.3 Å². The quantitative estimate of drug-likeness (QED) is 0.599. The number of carbonyl (C=O) groups excluding carboxylic acids is 2. The molecule has 146 valence electrons. The summed E-state index contributed by atoms with van der Waals surface area (Å²) in [6, 6.07) is 11.3. The number of aromatic nitrogens is 2. The summed E-state index contributed by atoms with van der Waals surface area (Å²) in [6.07, 6.45) is 3.72. The number of benzene rings is 2. The number of rotatable bonds is 4. The fourth-order valence-corrected chi connectivity index (χ4v) is 3.44. The monoisotopic (exact) mass is 387 g/mol. The van der Waals surface area contributed by atoms with Crippen molar-refractivity contribution in [2.45, 2.75) is 13.3 Å². The number of hydrogen-bond acceptors (Lipinski definition) is 4. The average molecular weight is 387 g/mol. The Morgan fingerprint density at radius 2 is 2.10 bits per heavy atom. The van der Waals surface area contributed by atoms with Gasteiger partial charge in [0.2, 0.25) is 5.91 Å². The Bertz CT molecular complexity index is 1150. The van der Waals surface area contributed by atoms with Gasteiger partial charge < -0.3 is 16.4 Å². The van der Waals surface area contributed by atoms with Crippen LogP contribution in [0.3, 0.4) is 0 Å². The Morgan fingerprint density at radius 3 is 2.90 bits per heavy atom. The second-order valence-electron chi connectivity index (χ2n) is 6.93. The van der Waals surface area contributed by atoms with E-state index in [2.05, 4.69) is 22.3 Å². The van der Waals surface area contributed by atoms with Gasteiger partial charge in [-0.1, -0.05) is 24.8 Å². The van der Waals surface area contributed by atoms with E-state index in [0.717, 1.165) is 34.4 Å². The molecular weight excluding hydrogens is 366 g/mol. The molecule has 1 aromatic heterocycles. The largest absolute Gasteiger partial charge is 0.383 e. The molecule has 7 heteroatoms. The average Bonchev–Trinajstić information content (AvgIpc) is 3.11. The molecule has 2 heterocycles. The van der Waals surface area contributed by atoms with E-state index in [9.17, 15) is 9.59 Å². The van der Waals surface area contributed by atoms with Crippen molar-refractivity contribution in [2.75, 3.05) is 17.6 Å². The van der Waals surface area contributed by atoms with Gasteiger partial charge in [0.15, 0.2) is 0 Å². The predicted molar refractivity (Wildman–Crippen MR) is 113 cm³/mol. The number of carbonyl (C=O) groups is 2. The van der Waals surface area contributed by atoms with Crippen molar-refractivity contribution in [3.8, 4) is 16.8 Å². The number of amides is 2. The maximum absolute atomic E-state index is 12.0. The molecule has 0 saturated carbocycles. The van der Waals surface area contributed by atoms with Gasteiger partial charge in [-0.05, 0) is 54.3 Å². The van der Waals surface area contributed by atoms with Crippen LogP contribution < -0.4 is 16.4 Å². The van der Waals surface area contributed by atoms with Crippen LogP contribution in [0.15, 0.2) is 55.3 Å². The van der Waals surface area contributed by atoms with Crippen molar-refractivity contribution < 1.29 is 9.59 Å². The topological polar surface area (TPSA) is 102 Å². The Balaban J connectivity index is 1.71. The van der Waals surface area contributed by atoms with Crippen LogP contribution >= 0.6 is 0 Å². The summed E-state index contributed by atoms with van der Waals surface area (Å²) in [5.41, 5.74) is 12.1. The van der Waals surface area contributed by atoms with Crippen LogP contribution in [-0.2, 0) is 11.2 Å². The maximum Gasteiger partial charge on any atom is 0.251 e. The molecule has 4 rings (SSSR count). The summed E-state index contributed by atoms with van der Waals surface area (Å²) >= 11 is 0. The van der Waals surface area contributed by atoms with Crippen LogP contribution in [0.4, 0.5) is 11.5 Å². The van der Waals surface area contributed by atoms with Crippen molar-refractivity contribution in [1.82, 2.24) is 15.1 Å². The van der Waals surface area contributed by atoms with E-state index < -0.39 is 0 Å². The highest BCUT2D eigenvalue weighted by molar-refractivity contribution is 5.99. The molecular formula is C22H21N5O2. The summed E-state index contributed by atoms with van der Waals surface area (Å²) in [5, 5.41) is 10.1. The molecule has 0 spiro atoms. The second-order valence-corrected chi connectivity index (χ2v) is 6.93. The Hall–Kier alpha value is -3.87. The van der Waals surface area contributed by atoms with E-state index in [1.807, 2.05) is 43.3 Å². The van der Waals surface area contributed by atoms with Crippen LogP contribution in [0.1, 0.15) is 21.5 Å². The fourth-order valence-electron chi connectivity index (χ4n) is 3.44. The van der Waals surface area contributed by atoms with Gasteiger partial charge in [-0.15, -0.1) is 0 Å². The first-order chi connectivity index (χ1) is 14.0. The lowest BCUT2D eigenvalue weighted by atomic mass is 9.96. The van der Waals surface area contributed by atoms with Crippen LogP contribution in [0, 0.1) is 6.92 Å². The van der Waals surface area contributed by atoms with Crippen LogP contribution in [0.5, 0.6) is 0 Å². The Labute approximate surface area is 168 Å². The number of hydrogen-bond donors (Lipinski definition) is 3. The Morgan fingerprint density at radius 1 is 1.28 bits per heavy atom. The molecule has 0 fully saturated rings. The number of fused-ring (bicyclic) bond motifs is 1. The minimum Gasteiger partial charge on any atom is -0.383 e. The lowest BCUT2D eigenvalue weighted by Crippen LogP contribution is -2.31. The second kappa shape index (κ2) is 7.27. The number of nitrogen functional groups attached to an aromatic ring is 1. The molecule has 3 aromatic rings. The van der Waals surface area contributed by atoms with E-state index in [1.54, 1.807) is 10.9 Å². The molecule has 4 N–H and O–H groups in total. The first-order valence-electron chi connectivity index (χ1n) is 9.27. The van der Waals surface area contributed by atoms with E-state index in [4.69, 9.17) is 5.73 Å². The first kappa shape index (κ1) is 18.5. The third-order valence-electron chi connectivity index (χ3n) is 5.06. The van der Waals surface area contributed by atoms with Gasteiger partial charge in [0.05, 0.1) is 11.9 Å². The van der Waals surface area contributed by atoms with E-state index >= 15 is 0 Å². The summed E-state index contributed by atoms with van der Waals surface area (Å²) in [4.78, 5) is 23.6. The fraction of sp³-hybridized carbons (Fsp3) is 0.136. The highest BCUT2D eigenvalue weighted by Gasteiger charge is 2.19. The third kappa shape index (κ3) is 3.38. The molecule has 0 aliphatic carbocycles. The zero-order valence-corrected chi connectivity index (χ0v) is 16.0.